The van der Waals surface area contributed by atoms with E-state index in [2.05, 4.69) is 41.4 Å². The Bertz CT molecular complexity index is 1150. The maximum Gasteiger partial charge on any atom is 0.418 e. The third-order valence-corrected chi connectivity index (χ3v) is 5.78. The van der Waals surface area contributed by atoms with Gasteiger partial charge in [0.15, 0.2) is 0 Å². The molecule has 1 amide bonds. The first-order valence-electron chi connectivity index (χ1n) is 9.75. The Morgan fingerprint density at radius 1 is 1.31 bits per heavy atom. The van der Waals surface area contributed by atoms with Crippen LogP contribution in [0, 0.1) is 0 Å². The molecule has 2 atom stereocenters. The van der Waals surface area contributed by atoms with E-state index >= 15 is 0 Å². The summed E-state index contributed by atoms with van der Waals surface area (Å²) in [6.07, 6.45) is 2.47. The Hall–Kier alpha value is -3.64. The maximum atomic E-state index is 12.7. The number of aromatic amines is 1. The second-order valence-corrected chi connectivity index (χ2v) is 8.83. The molecular formula is C20H25N7O4S. The standard InChI is InChI=1S/C20H25N7O4S/c1-4-31-20(29)27-32(3,30)15-7-5-14(6-8-15)24-19-21-11-16(17-9-10-22-26-17)18(25-19)23-13(2)12-28/h5-11,13,28H,3-4,12H2,1-2H3,(H,22,26)(H,27,29,30)(H2,21,23,24,25)/t13-,32?/m1/s1. The van der Waals surface area contributed by atoms with Gasteiger partial charge in [0, 0.05) is 29.0 Å². The highest BCUT2D eigenvalue weighted by atomic mass is 32.2. The molecule has 2 aromatic heterocycles. The Kier molecular flexibility index (Phi) is 7.28. The quantitative estimate of drug-likeness (QED) is 0.303. The highest BCUT2D eigenvalue weighted by molar-refractivity contribution is 7.99. The molecule has 12 heteroatoms. The number of H-pyrrole nitrogens is 1. The van der Waals surface area contributed by atoms with Crippen molar-refractivity contribution >= 4 is 39.1 Å². The van der Waals surface area contributed by atoms with Crippen LogP contribution >= 0.6 is 0 Å². The number of aliphatic hydroxyl groups is 1. The third kappa shape index (κ3) is 5.74. The number of amides is 1. The van der Waals surface area contributed by atoms with Gasteiger partial charge in [0.05, 0.1) is 34.2 Å². The summed E-state index contributed by atoms with van der Waals surface area (Å²) in [5.41, 5.74) is 2.06. The topological polar surface area (TPSA) is 154 Å². The summed E-state index contributed by atoms with van der Waals surface area (Å²) in [5.74, 6) is 4.42. The van der Waals surface area contributed by atoms with Gasteiger partial charge >= 0.3 is 6.09 Å². The number of hydrogen-bond acceptors (Lipinski definition) is 9. The van der Waals surface area contributed by atoms with Gasteiger partial charge in [-0.05, 0) is 50.0 Å². The second kappa shape index (κ2) is 10.1. The molecule has 0 saturated carbocycles. The van der Waals surface area contributed by atoms with Gasteiger partial charge in [0.25, 0.3) is 0 Å². The molecular weight excluding hydrogens is 434 g/mol. The number of carbonyl (C=O) groups is 1. The average molecular weight is 460 g/mol. The fourth-order valence-corrected chi connectivity index (χ4v) is 3.70. The Morgan fingerprint density at radius 3 is 2.69 bits per heavy atom. The van der Waals surface area contributed by atoms with Crippen LogP contribution in [0.1, 0.15) is 13.8 Å². The molecule has 5 N–H and O–H groups in total. The molecule has 0 radical (unpaired) electrons. The molecule has 1 unspecified atom stereocenters. The molecule has 0 bridgehead atoms. The van der Waals surface area contributed by atoms with Crippen molar-refractivity contribution in [3.05, 3.63) is 42.7 Å². The molecule has 0 aliphatic rings. The van der Waals surface area contributed by atoms with E-state index in [1.807, 2.05) is 6.92 Å². The summed E-state index contributed by atoms with van der Waals surface area (Å²) in [5, 5.41) is 22.4. The van der Waals surface area contributed by atoms with Crippen molar-refractivity contribution in [1.29, 1.82) is 0 Å². The van der Waals surface area contributed by atoms with Crippen molar-refractivity contribution in [3.8, 4) is 11.3 Å². The van der Waals surface area contributed by atoms with Gasteiger partial charge in [0.2, 0.25) is 5.95 Å². The van der Waals surface area contributed by atoms with E-state index in [1.54, 1.807) is 49.6 Å². The normalized spacial score (nSPS) is 13.6. The third-order valence-electron chi connectivity index (χ3n) is 4.25. The monoisotopic (exact) mass is 459 g/mol. The van der Waals surface area contributed by atoms with Crippen LogP contribution in [0.25, 0.3) is 11.3 Å². The second-order valence-electron chi connectivity index (χ2n) is 6.80. The molecule has 3 rings (SSSR count). The first kappa shape index (κ1) is 23.0. The minimum atomic E-state index is -3.05. The minimum absolute atomic E-state index is 0.0686. The van der Waals surface area contributed by atoms with Gasteiger partial charge in [-0.25, -0.2) is 18.7 Å². The number of aliphatic hydroxyl groups excluding tert-OH is 1. The summed E-state index contributed by atoms with van der Waals surface area (Å²) < 4.78 is 19.7. The molecule has 11 nitrogen and oxygen atoms in total. The number of ether oxygens (including phenoxy) is 1. The van der Waals surface area contributed by atoms with Gasteiger partial charge in [0.1, 0.15) is 5.82 Å². The van der Waals surface area contributed by atoms with Crippen molar-refractivity contribution in [2.75, 3.05) is 23.8 Å². The molecule has 0 saturated heterocycles. The van der Waals surface area contributed by atoms with Crippen LogP contribution in [-0.2, 0) is 14.4 Å². The fourth-order valence-electron chi connectivity index (χ4n) is 2.68. The number of nitrogens with one attached hydrogen (secondary N) is 4. The Balaban J connectivity index is 1.79. The van der Waals surface area contributed by atoms with Gasteiger partial charge in [-0.3, -0.25) is 5.10 Å². The lowest BCUT2D eigenvalue weighted by atomic mass is 10.2. The molecule has 1 aromatic carbocycles. The van der Waals surface area contributed by atoms with E-state index in [9.17, 15) is 14.1 Å². The zero-order chi connectivity index (χ0) is 23.1. The molecule has 3 aromatic rings. The number of aromatic nitrogens is 4. The average Bonchev–Trinajstić information content (AvgIpc) is 3.28. The van der Waals surface area contributed by atoms with Crippen LogP contribution in [0.5, 0.6) is 0 Å². The van der Waals surface area contributed by atoms with Crippen molar-refractivity contribution in [1.82, 2.24) is 24.9 Å². The van der Waals surface area contributed by atoms with Crippen LogP contribution in [-0.4, -0.2) is 60.7 Å². The largest absolute Gasteiger partial charge is 0.449 e. The summed E-state index contributed by atoms with van der Waals surface area (Å²) in [6.45, 7) is 3.57. The van der Waals surface area contributed by atoms with E-state index in [0.717, 1.165) is 5.69 Å². The van der Waals surface area contributed by atoms with E-state index in [1.165, 1.54) is 0 Å². The van der Waals surface area contributed by atoms with E-state index in [-0.39, 0.29) is 19.3 Å². The summed E-state index contributed by atoms with van der Waals surface area (Å²) in [6, 6.07) is 8.06. The summed E-state index contributed by atoms with van der Waals surface area (Å²) >= 11 is 0. The van der Waals surface area contributed by atoms with Crippen LogP contribution in [0.2, 0.25) is 0 Å². The number of hydrogen-bond donors (Lipinski definition) is 5. The van der Waals surface area contributed by atoms with Crippen molar-refractivity contribution in [3.63, 3.8) is 0 Å². The summed E-state index contributed by atoms with van der Waals surface area (Å²) in [4.78, 5) is 20.8. The van der Waals surface area contributed by atoms with Crippen LogP contribution in [0.3, 0.4) is 0 Å². The Labute approximate surface area is 185 Å². The fraction of sp³-hybridized carbons (Fsp3) is 0.250. The lowest BCUT2D eigenvalue weighted by Crippen LogP contribution is -2.30. The zero-order valence-corrected chi connectivity index (χ0v) is 18.5. The highest BCUT2D eigenvalue weighted by Crippen LogP contribution is 2.26. The minimum Gasteiger partial charge on any atom is -0.449 e. The number of anilines is 3. The predicted octanol–water partition coefficient (Wildman–Crippen LogP) is 2.14. The van der Waals surface area contributed by atoms with Gasteiger partial charge < -0.3 is 20.5 Å². The van der Waals surface area contributed by atoms with Gasteiger partial charge in [-0.1, -0.05) is 0 Å². The first-order valence-corrected chi connectivity index (χ1v) is 11.5. The molecule has 0 aliphatic carbocycles. The lowest BCUT2D eigenvalue weighted by Gasteiger charge is -2.16. The molecule has 0 aliphatic heterocycles. The van der Waals surface area contributed by atoms with E-state index < -0.39 is 15.8 Å². The van der Waals surface area contributed by atoms with Crippen molar-refractivity contribution in [2.45, 2.75) is 24.8 Å². The zero-order valence-electron chi connectivity index (χ0n) is 17.7. The molecule has 0 fully saturated rings. The molecule has 0 spiro atoms. The van der Waals surface area contributed by atoms with Gasteiger partial charge in [-0.2, -0.15) is 10.1 Å². The summed E-state index contributed by atoms with van der Waals surface area (Å²) in [7, 11) is -3.05. The number of carbonyl (C=O) groups excluding carboxylic acids is 1. The number of benzene rings is 1. The molecule has 32 heavy (non-hydrogen) atoms. The van der Waals surface area contributed by atoms with Gasteiger partial charge in [-0.15, -0.1) is 0 Å². The van der Waals surface area contributed by atoms with E-state index in [4.69, 9.17) is 4.74 Å². The number of nitrogens with zero attached hydrogens (tertiary/aromatic N) is 3. The predicted molar refractivity (Wildman–Crippen MR) is 123 cm³/mol. The maximum absolute atomic E-state index is 12.7. The van der Waals surface area contributed by atoms with E-state index in [0.29, 0.717) is 27.9 Å². The molecule has 170 valence electrons. The smallest absolute Gasteiger partial charge is 0.418 e. The van der Waals surface area contributed by atoms with Crippen LogP contribution < -0.4 is 15.4 Å². The first-order chi connectivity index (χ1) is 15.3. The highest BCUT2D eigenvalue weighted by Gasteiger charge is 2.14. The lowest BCUT2D eigenvalue weighted by molar-refractivity contribution is 0.159. The number of rotatable bonds is 9. The molecule has 2 heterocycles. The van der Waals surface area contributed by atoms with Crippen LogP contribution in [0.4, 0.5) is 22.2 Å². The van der Waals surface area contributed by atoms with Crippen LogP contribution in [0.15, 0.2) is 47.6 Å². The van der Waals surface area contributed by atoms with Crippen molar-refractivity contribution < 1.29 is 18.8 Å². The SMILES string of the molecule is C=S(=O)(NC(=O)OCC)c1ccc(Nc2ncc(-c3ccn[nH]3)c(N[C@H](C)CO)n2)cc1. The van der Waals surface area contributed by atoms with Crippen molar-refractivity contribution in [2.24, 2.45) is 0 Å². The Morgan fingerprint density at radius 2 is 2.06 bits per heavy atom.